The first-order valence-corrected chi connectivity index (χ1v) is 19.6. The standard InChI is InChI=1S/C48H42Cl2F2O3/c1-47(45(31-13-14-31)33-17-23-37(49)24-18-33,35-21-27-41(51)43(29-35)53-39-9-5-3-6-10-39)55-48(2,46(32-15-16-32)34-19-25-38(50)26-20-34)36-22-28-42(52)44(30-36)54-40-11-7-4-8-12-40/h3-12,17-32,45-46H,13-16H2,1-2H3. The van der Waals surface area contributed by atoms with E-state index in [0.717, 1.165) is 47.9 Å². The summed E-state index contributed by atoms with van der Waals surface area (Å²) in [6.45, 7) is 4.22. The number of hydrogen-bond donors (Lipinski definition) is 0. The van der Waals surface area contributed by atoms with E-state index < -0.39 is 22.8 Å². The summed E-state index contributed by atoms with van der Waals surface area (Å²) in [6, 6.07) is 44.4. The molecule has 0 N–H and O–H groups in total. The molecule has 4 atom stereocenters. The Hall–Kier alpha value is -4.68. The Kier molecular flexibility index (Phi) is 10.5. The molecule has 6 aromatic carbocycles. The van der Waals surface area contributed by atoms with E-state index in [9.17, 15) is 0 Å². The fourth-order valence-corrected chi connectivity index (χ4v) is 8.59. The minimum absolute atomic E-state index is 0.0997. The summed E-state index contributed by atoms with van der Waals surface area (Å²) >= 11 is 12.9. The van der Waals surface area contributed by atoms with Crippen LogP contribution in [0.4, 0.5) is 8.78 Å². The lowest BCUT2D eigenvalue weighted by Gasteiger charge is -2.49. The monoisotopic (exact) mass is 774 g/mol. The molecule has 6 aromatic rings. The zero-order valence-electron chi connectivity index (χ0n) is 30.7. The molecule has 2 fully saturated rings. The highest BCUT2D eigenvalue weighted by atomic mass is 35.5. The second-order valence-corrected chi connectivity index (χ2v) is 16.0. The molecule has 2 saturated carbocycles. The summed E-state index contributed by atoms with van der Waals surface area (Å²) in [4.78, 5) is 0. The Morgan fingerprint density at radius 2 is 0.873 bits per heavy atom. The Labute approximate surface area is 331 Å². The van der Waals surface area contributed by atoms with E-state index in [-0.39, 0.29) is 35.2 Å². The first kappa shape index (κ1) is 37.3. The molecule has 0 radical (unpaired) electrons. The maximum Gasteiger partial charge on any atom is 0.165 e. The molecule has 7 heteroatoms. The largest absolute Gasteiger partial charge is 0.454 e. The molecule has 2 aliphatic rings. The maximum atomic E-state index is 15.7. The van der Waals surface area contributed by atoms with Crippen molar-refractivity contribution in [2.75, 3.05) is 0 Å². The Morgan fingerprint density at radius 1 is 0.509 bits per heavy atom. The van der Waals surface area contributed by atoms with E-state index in [4.69, 9.17) is 37.4 Å². The molecular formula is C48H42Cl2F2O3. The van der Waals surface area contributed by atoms with Crippen LogP contribution in [0.15, 0.2) is 146 Å². The molecule has 0 bridgehead atoms. The molecule has 2 aliphatic carbocycles. The summed E-state index contributed by atoms with van der Waals surface area (Å²) in [5.41, 5.74) is 1.50. The molecule has 0 heterocycles. The van der Waals surface area contributed by atoms with Crippen molar-refractivity contribution < 1.29 is 23.0 Å². The molecule has 4 unspecified atom stereocenters. The summed E-state index contributed by atoms with van der Waals surface area (Å²) in [5, 5.41) is 1.28. The minimum Gasteiger partial charge on any atom is -0.454 e. The van der Waals surface area contributed by atoms with E-state index in [0.29, 0.717) is 21.5 Å². The van der Waals surface area contributed by atoms with Gasteiger partial charge in [-0.05, 0) is 146 Å². The summed E-state index contributed by atoms with van der Waals surface area (Å²) in [6.07, 6.45) is 4.03. The third kappa shape index (κ3) is 8.02. The molecule has 0 saturated heterocycles. The average Bonchev–Trinajstić information content (AvgIpc) is 4.13. The first-order valence-electron chi connectivity index (χ1n) is 18.9. The minimum atomic E-state index is -1.07. The van der Waals surface area contributed by atoms with Gasteiger partial charge in [0, 0.05) is 21.9 Å². The Balaban J connectivity index is 1.33. The van der Waals surface area contributed by atoms with Gasteiger partial charge in [-0.15, -0.1) is 0 Å². The van der Waals surface area contributed by atoms with Gasteiger partial charge in [0.2, 0.25) is 0 Å². The van der Waals surface area contributed by atoms with Crippen LogP contribution in [-0.4, -0.2) is 0 Å². The highest BCUT2D eigenvalue weighted by molar-refractivity contribution is 6.30. The predicted octanol–water partition coefficient (Wildman–Crippen LogP) is 14.4. The number of para-hydroxylation sites is 2. The Morgan fingerprint density at radius 3 is 1.22 bits per heavy atom. The van der Waals surface area contributed by atoms with Gasteiger partial charge in [-0.3, -0.25) is 0 Å². The van der Waals surface area contributed by atoms with Crippen molar-refractivity contribution in [3.05, 3.63) is 190 Å². The molecule has 280 valence electrons. The van der Waals surface area contributed by atoms with E-state index >= 15 is 8.78 Å². The van der Waals surface area contributed by atoms with Gasteiger partial charge >= 0.3 is 0 Å². The lowest BCUT2D eigenvalue weighted by Crippen LogP contribution is -2.46. The number of benzene rings is 6. The first-order chi connectivity index (χ1) is 26.6. The predicted molar refractivity (Wildman–Crippen MR) is 215 cm³/mol. The molecule has 0 aromatic heterocycles. The molecule has 8 rings (SSSR count). The third-order valence-corrected chi connectivity index (χ3v) is 11.7. The highest BCUT2D eigenvalue weighted by Gasteiger charge is 2.55. The van der Waals surface area contributed by atoms with Crippen LogP contribution in [0.3, 0.4) is 0 Å². The molecule has 3 nitrogen and oxygen atoms in total. The van der Waals surface area contributed by atoms with Crippen LogP contribution in [0.2, 0.25) is 10.0 Å². The summed E-state index contributed by atoms with van der Waals surface area (Å²) in [5.74, 6) is 0.515. The third-order valence-electron chi connectivity index (χ3n) is 11.2. The van der Waals surface area contributed by atoms with Crippen molar-refractivity contribution in [2.45, 2.75) is 62.6 Å². The second-order valence-electron chi connectivity index (χ2n) is 15.2. The lowest BCUT2D eigenvalue weighted by atomic mass is 9.71. The highest BCUT2D eigenvalue weighted by Crippen LogP contribution is 2.61. The van der Waals surface area contributed by atoms with Crippen molar-refractivity contribution in [1.82, 2.24) is 0 Å². The molecule has 0 amide bonds. The van der Waals surface area contributed by atoms with Gasteiger partial charge < -0.3 is 14.2 Å². The van der Waals surface area contributed by atoms with Crippen molar-refractivity contribution in [2.24, 2.45) is 11.8 Å². The summed E-state index contributed by atoms with van der Waals surface area (Å²) < 4.78 is 51.7. The number of halogens is 4. The van der Waals surface area contributed by atoms with Gasteiger partial charge in [0.25, 0.3) is 0 Å². The zero-order chi connectivity index (χ0) is 38.2. The van der Waals surface area contributed by atoms with Crippen molar-refractivity contribution in [1.29, 1.82) is 0 Å². The topological polar surface area (TPSA) is 27.7 Å². The van der Waals surface area contributed by atoms with Crippen LogP contribution < -0.4 is 9.47 Å². The van der Waals surface area contributed by atoms with Gasteiger partial charge in [0.05, 0.1) is 11.2 Å². The van der Waals surface area contributed by atoms with Crippen LogP contribution in [0, 0.1) is 23.5 Å². The van der Waals surface area contributed by atoms with Crippen LogP contribution in [0.5, 0.6) is 23.0 Å². The van der Waals surface area contributed by atoms with Crippen molar-refractivity contribution in [3.63, 3.8) is 0 Å². The van der Waals surface area contributed by atoms with E-state index in [1.165, 1.54) is 12.1 Å². The maximum absolute atomic E-state index is 15.7. The molecular weight excluding hydrogens is 733 g/mol. The van der Waals surface area contributed by atoms with Crippen molar-refractivity contribution >= 4 is 23.2 Å². The van der Waals surface area contributed by atoms with Crippen LogP contribution in [0.25, 0.3) is 0 Å². The quantitative estimate of drug-likeness (QED) is 0.110. The van der Waals surface area contributed by atoms with Crippen LogP contribution >= 0.6 is 23.2 Å². The van der Waals surface area contributed by atoms with Gasteiger partial charge in [-0.25, -0.2) is 8.78 Å². The normalized spacial score (nSPS) is 17.4. The number of rotatable bonds is 14. The molecule has 55 heavy (non-hydrogen) atoms. The van der Waals surface area contributed by atoms with E-state index in [1.807, 2.05) is 72.8 Å². The van der Waals surface area contributed by atoms with Gasteiger partial charge in [0.1, 0.15) is 11.5 Å². The van der Waals surface area contributed by atoms with E-state index in [2.05, 4.69) is 38.1 Å². The summed E-state index contributed by atoms with van der Waals surface area (Å²) in [7, 11) is 0. The zero-order valence-corrected chi connectivity index (χ0v) is 32.2. The Bertz CT molecular complexity index is 2080. The fourth-order valence-electron chi connectivity index (χ4n) is 8.34. The number of hydrogen-bond acceptors (Lipinski definition) is 3. The SMILES string of the molecule is CC(OC(C)(c1ccc(F)c(Oc2ccccc2)c1)C(c1ccc(Cl)cc1)C1CC1)(c1ccc(F)c(Oc2ccccc2)c1)C(c1ccc(Cl)cc1)C1CC1. The smallest absolute Gasteiger partial charge is 0.165 e. The molecule has 0 aliphatic heterocycles. The van der Waals surface area contributed by atoms with Crippen LogP contribution in [0.1, 0.15) is 73.6 Å². The number of ether oxygens (including phenoxy) is 3. The van der Waals surface area contributed by atoms with Crippen molar-refractivity contribution in [3.8, 4) is 23.0 Å². The lowest BCUT2D eigenvalue weighted by molar-refractivity contribution is -0.182. The van der Waals surface area contributed by atoms with Gasteiger partial charge in [-0.2, -0.15) is 0 Å². The second kappa shape index (κ2) is 15.5. The average molecular weight is 776 g/mol. The van der Waals surface area contributed by atoms with Crippen LogP contribution in [-0.2, 0) is 15.9 Å². The fraction of sp³-hybridized carbons (Fsp3) is 0.250. The molecule has 0 spiro atoms. The van der Waals surface area contributed by atoms with Gasteiger partial charge in [0.15, 0.2) is 23.1 Å². The van der Waals surface area contributed by atoms with Gasteiger partial charge in [-0.1, -0.05) is 96.0 Å². The van der Waals surface area contributed by atoms with E-state index in [1.54, 1.807) is 36.4 Å².